The maximum Gasteiger partial charge on any atom is 0.408 e. The van der Waals surface area contributed by atoms with Crippen LogP contribution in [-0.4, -0.2) is 23.1 Å². The summed E-state index contributed by atoms with van der Waals surface area (Å²) in [4.78, 5) is 29.3. The van der Waals surface area contributed by atoms with E-state index in [9.17, 15) is 9.59 Å². The molecule has 0 saturated heterocycles. The van der Waals surface area contributed by atoms with Crippen molar-refractivity contribution in [3.63, 3.8) is 0 Å². The molecule has 3 N–H and O–H groups in total. The summed E-state index contributed by atoms with van der Waals surface area (Å²) >= 11 is 0. The maximum absolute atomic E-state index is 13.4. The Morgan fingerprint density at radius 2 is 1.53 bits per heavy atom. The van der Waals surface area contributed by atoms with Gasteiger partial charge in [0.25, 0.3) is 5.91 Å². The molecule has 0 radical (unpaired) electrons. The van der Waals surface area contributed by atoms with Crippen LogP contribution < -0.4 is 10.6 Å². The van der Waals surface area contributed by atoms with Crippen LogP contribution in [0.25, 0.3) is 10.9 Å². The van der Waals surface area contributed by atoms with E-state index in [0.717, 1.165) is 27.6 Å². The third kappa shape index (κ3) is 5.46. The third-order valence-electron chi connectivity index (χ3n) is 6.00. The molecule has 0 spiro atoms. The van der Waals surface area contributed by atoms with Crippen molar-refractivity contribution in [2.75, 3.05) is 0 Å². The molecular weight excluding hydrogens is 426 g/mol. The van der Waals surface area contributed by atoms with Gasteiger partial charge >= 0.3 is 6.09 Å². The summed E-state index contributed by atoms with van der Waals surface area (Å²) in [7, 11) is 0. The van der Waals surface area contributed by atoms with Crippen molar-refractivity contribution in [1.82, 2.24) is 15.6 Å². The number of nitrogens with one attached hydrogen (secondary N) is 3. The Morgan fingerprint density at radius 1 is 0.882 bits per heavy atom. The normalized spacial score (nSPS) is 13.6. The number of fused-ring (bicyclic) bond motifs is 1. The van der Waals surface area contributed by atoms with Crippen molar-refractivity contribution in [1.29, 1.82) is 0 Å². The van der Waals surface area contributed by atoms with Gasteiger partial charge in [0.2, 0.25) is 0 Å². The lowest BCUT2D eigenvalue weighted by Crippen LogP contribution is -2.43. The number of para-hydroxylation sites is 1. The Morgan fingerprint density at radius 3 is 2.26 bits per heavy atom. The average Bonchev–Trinajstić information content (AvgIpc) is 3.31. The molecule has 1 heterocycles. The minimum Gasteiger partial charge on any atom is -0.435 e. The standard InChI is InChI=1S/C28H29N3O3/c1-19(24-18-29-25-16-10-9-15-23(24)25)26(27(32)31-20(2)22-13-7-4-8-14-22)34-28(33)30-17-21-11-5-3-6-12-21/h3-16,18-20,26,29H,17H2,1-2H3,(H,30,33)(H,31,32). The number of amides is 2. The Hall–Kier alpha value is -4.06. The topological polar surface area (TPSA) is 83.2 Å². The minimum absolute atomic E-state index is 0.234. The summed E-state index contributed by atoms with van der Waals surface area (Å²) in [6.07, 6.45) is 0.228. The first-order valence-corrected chi connectivity index (χ1v) is 11.4. The number of alkyl carbamates (subject to hydrolysis) is 1. The molecular formula is C28H29N3O3. The van der Waals surface area contributed by atoms with Gasteiger partial charge in [-0.3, -0.25) is 4.79 Å². The number of H-pyrrole nitrogens is 1. The van der Waals surface area contributed by atoms with Gasteiger partial charge < -0.3 is 20.4 Å². The lowest BCUT2D eigenvalue weighted by atomic mass is 9.93. The van der Waals surface area contributed by atoms with E-state index in [1.54, 1.807) is 0 Å². The van der Waals surface area contributed by atoms with Crippen LogP contribution in [0.4, 0.5) is 4.79 Å². The minimum atomic E-state index is -1.01. The summed E-state index contributed by atoms with van der Waals surface area (Å²) in [5.41, 5.74) is 3.80. The molecule has 1 aromatic heterocycles. The monoisotopic (exact) mass is 455 g/mol. The van der Waals surface area contributed by atoms with Gasteiger partial charge in [-0.25, -0.2) is 4.79 Å². The number of aromatic nitrogens is 1. The molecule has 0 aliphatic carbocycles. The second kappa shape index (κ2) is 10.7. The van der Waals surface area contributed by atoms with Crippen molar-refractivity contribution >= 4 is 22.9 Å². The van der Waals surface area contributed by atoms with Crippen molar-refractivity contribution in [3.8, 4) is 0 Å². The molecule has 0 saturated carbocycles. The fraction of sp³-hybridized carbons (Fsp3) is 0.214. The van der Waals surface area contributed by atoms with E-state index >= 15 is 0 Å². The van der Waals surface area contributed by atoms with Crippen LogP contribution in [0, 0.1) is 0 Å². The zero-order chi connectivity index (χ0) is 23.9. The number of benzene rings is 3. The molecule has 3 atom stereocenters. The van der Waals surface area contributed by atoms with Crippen LogP contribution in [-0.2, 0) is 16.1 Å². The molecule has 3 unspecified atom stereocenters. The van der Waals surface area contributed by atoms with Gasteiger partial charge in [-0.05, 0) is 29.7 Å². The number of aromatic amines is 1. The summed E-state index contributed by atoms with van der Waals surface area (Å²) in [6, 6.07) is 26.9. The van der Waals surface area contributed by atoms with E-state index in [4.69, 9.17) is 4.74 Å². The van der Waals surface area contributed by atoms with E-state index in [2.05, 4.69) is 15.6 Å². The largest absolute Gasteiger partial charge is 0.435 e. The van der Waals surface area contributed by atoms with Gasteiger partial charge in [0.15, 0.2) is 6.10 Å². The Bertz CT molecular complexity index is 1240. The third-order valence-corrected chi connectivity index (χ3v) is 6.00. The molecule has 0 bridgehead atoms. The highest BCUT2D eigenvalue weighted by atomic mass is 16.6. The van der Waals surface area contributed by atoms with Crippen LogP contribution in [0.1, 0.15) is 42.5 Å². The van der Waals surface area contributed by atoms with Crippen molar-refractivity contribution in [2.24, 2.45) is 0 Å². The molecule has 6 heteroatoms. The lowest BCUT2D eigenvalue weighted by Gasteiger charge is -2.25. The van der Waals surface area contributed by atoms with E-state index in [0.29, 0.717) is 6.54 Å². The molecule has 4 rings (SSSR count). The first-order chi connectivity index (χ1) is 16.5. The molecule has 174 valence electrons. The molecule has 4 aromatic rings. The molecule has 34 heavy (non-hydrogen) atoms. The van der Waals surface area contributed by atoms with Gasteiger partial charge in [-0.15, -0.1) is 0 Å². The molecule has 6 nitrogen and oxygen atoms in total. The maximum atomic E-state index is 13.4. The second-order valence-corrected chi connectivity index (χ2v) is 8.38. The number of carbonyl (C=O) groups excluding carboxylic acids is 2. The fourth-order valence-electron chi connectivity index (χ4n) is 4.06. The molecule has 2 amide bonds. The van der Waals surface area contributed by atoms with E-state index in [1.807, 2.05) is 105 Å². The summed E-state index contributed by atoms with van der Waals surface area (Å²) in [5.74, 6) is -0.717. The number of carbonyl (C=O) groups is 2. The lowest BCUT2D eigenvalue weighted by molar-refractivity contribution is -0.131. The van der Waals surface area contributed by atoms with Crippen molar-refractivity contribution in [2.45, 2.75) is 38.5 Å². The van der Waals surface area contributed by atoms with E-state index < -0.39 is 12.2 Å². The van der Waals surface area contributed by atoms with Crippen LogP contribution in [0.15, 0.2) is 91.1 Å². The van der Waals surface area contributed by atoms with Gasteiger partial charge in [0, 0.05) is 29.6 Å². The predicted molar refractivity (Wildman–Crippen MR) is 133 cm³/mol. The summed E-state index contributed by atoms with van der Waals surface area (Å²) < 4.78 is 5.73. The Labute approximate surface area is 199 Å². The second-order valence-electron chi connectivity index (χ2n) is 8.38. The van der Waals surface area contributed by atoms with Gasteiger partial charge in [0.1, 0.15) is 0 Å². The van der Waals surface area contributed by atoms with E-state index in [1.165, 1.54) is 0 Å². The Balaban J connectivity index is 1.53. The van der Waals surface area contributed by atoms with Crippen LogP contribution >= 0.6 is 0 Å². The van der Waals surface area contributed by atoms with Crippen LogP contribution in [0.5, 0.6) is 0 Å². The highest BCUT2D eigenvalue weighted by Gasteiger charge is 2.32. The molecule has 0 aliphatic rings. The van der Waals surface area contributed by atoms with E-state index in [-0.39, 0.29) is 17.9 Å². The van der Waals surface area contributed by atoms with Crippen LogP contribution in [0.3, 0.4) is 0 Å². The summed E-state index contributed by atoms with van der Waals surface area (Å²) in [5, 5.41) is 6.77. The SMILES string of the molecule is CC(NC(=O)C(OC(=O)NCc1ccccc1)C(C)c1c[nH]c2ccccc12)c1ccccc1. The first-order valence-electron chi connectivity index (χ1n) is 11.4. The average molecular weight is 456 g/mol. The van der Waals surface area contributed by atoms with Crippen molar-refractivity contribution < 1.29 is 14.3 Å². The Kier molecular flexibility index (Phi) is 7.28. The predicted octanol–water partition coefficient (Wildman–Crippen LogP) is 5.44. The fourth-order valence-corrected chi connectivity index (χ4v) is 4.06. The first kappa shape index (κ1) is 23.1. The number of rotatable bonds is 8. The van der Waals surface area contributed by atoms with Gasteiger partial charge in [-0.1, -0.05) is 85.8 Å². The highest BCUT2D eigenvalue weighted by molar-refractivity contribution is 5.88. The highest BCUT2D eigenvalue weighted by Crippen LogP contribution is 2.29. The van der Waals surface area contributed by atoms with Crippen LogP contribution in [0.2, 0.25) is 0 Å². The quantitative estimate of drug-likeness (QED) is 0.331. The van der Waals surface area contributed by atoms with Gasteiger partial charge in [-0.2, -0.15) is 0 Å². The summed E-state index contributed by atoms with van der Waals surface area (Å²) in [6.45, 7) is 4.13. The van der Waals surface area contributed by atoms with Gasteiger partial charge in [0.05, 0.1) is 6.04 Å². The zero-order valence-electron chi connectivity index (χ0n) is 19.3. The number of hydrogen-bond acceptors (Lipinski definition) is 3. The number of ether oxygens (including phenoxy) is 1. The number of hydrogen-bond donors (Lipinski definition) is 3. The smallest absolute Gasteiger partial charge is 0.408 e. The molecule has 0 aliphatic heterocycles. The molecule has 3 aromatic carbocycles. The zero-order valence-corrected chi connectivity index (χ0v) is 19.3. The van der Waals surface area contributed by atoms with Crippen molar-refractivity contribution in [3.05, 3.63) is 108 Å². The molecule has 0 fully saturated rings.